The number of rotatable bonds is 3. The predicted molar refractivity (Wildman–Crippen MR) is 117 cm³/mol. The average molecular weight is 412 g/mol. The van der Waals surface area contributed by atoms with Crippen LogP contribution in [0.3, 0.4) is 0 Å². The van der Waals surface area contributed by atoms with Crippen molar-refractivity contribution in [3.05, 3.63) is 53.4 Å². The molecule has 0 aliphatic carbocycles. The molecule has 6 aromatic rings. The number of fused-ring (bicyclic) bond motifs is 2. The first-order chi connectivity index (χ1) is 14.7. The molecule has 0 fully saturated rings. The van der Waals surface area contributed by atoms with Crippen molar-refractivity contribution in [2.24, 2.45) is 7.05 Å². The molecular weight excluding hydrogens is 396 g/mol. The molecule has 0 radical (unpaired) electrons. The van der Waals surface area contributed by atoms with Gasteiger partial charge in [-0.3, -0.25) is 10.1 Å². The molecule has 0 aromatic carbocycles. The SMILES string of the molecule is Cc1ncc(-c2ccc3[nH]nc(-c4nc5c(-c6ccsc6)cncc5[nH]4)c3n2)n1C. The lowest BCUT2D eigenvalue weighted by molar-refractivity contribution is 0.862. The number of nitrogens with one attached hydrogen (secondary N) is 2. The first kappa shape index (κ1) is 17.0. The van der Waals surface area contributed by atoms with Crippen LogP contribution in [0.25, 0.3) is 56.1 Å². The maximum Gasteiger partial charge on any atom is 0.161 e. The van der Waals surface area contributed by atoms with Crippen molar-refractivity contribution in [1.82, 2.24) is 39.7 Å². The Balaban J connectivity index is 1.53. The van der Waals surface area contributed by atoms with E-state index in [0.29, 0.717) is 11.5 Å². The molecule has 0 bridgehead atoms. The van der Waals surface area contributed by atoms with E-state index in [1.165, 1.54) is 0 Å². The molecule has 146 valence electrons. The molecule has 0 saturated carbocycles. The van der Waals surface area contributed by atoms with Gasteiger partial charge < -0.3 is 9.55 Å². The maximum absolute atomic E-state index is 4.87. The Morgan fingerprint density at radius 1 is 1.00 bits per heavy atom. The van der Waals surface area contributed by atoms with Crippen LogP contribution in [0.1, 0.15) is 5.82 Å². The molecule has 6 heterocycles. The van der Waals surface area contributed by atoms with Gasteiger partial charge in [-0.25, -0.2) is 15.0 Å². The minimum absolute atomic E-state index is 0.659. The van der Waals surface area contributed by atoms with E-state index in [2.05, 4.69) is 42.0 Å². The van der Waals surface area contributed by atoms with Crippen molar-refractivity contribution in [3.8, 4) is 34.0 Å². The Hall–Kier alpha value is -3.85. The van der Waals surface area contributed by atoms with Crippen molar-refractivity contribution in [2.75, 3.05) is 0 Å². The molecule has 0 atom stereocenters. The fraction of sp³-hybridized carbons (Fsp3) is 0.0952. The average Bonchev–Trinajstić information content (AvgIpc) is 3.54. The van der Waals surface area contributed by atoms with Crippen molar-refractivity contribution in [3.63, 3.8) is 0 Å². The highest BCUT2D eigenvalue weighted by Gasteiger charge is 2.18. The fourth-order valence-corrected chi connectivity index (χ4v) is 4.28. The van der Waals surface area contributed by atoms with Gasteiger partial charge in [0.05, 0.1) is 34.8 Å². The van der Waals surface area contributed by atoms with Crippen LogP contribution < -0.4 is 0 Å². The van der Waals surface area contributed by atoms with Gasteiger partial charge >= 0.3 is 0 Å². The van der Waals surface area contributed by atoms with Gasteiger partial charge in [0.25, 0.3) is 0 Å². The Kier molecular flexibility index (Phi) is 3.59. The summed E-state index contributed by atoms with van der Waals surface area (Å²) in [6.45, 7) is 1.97. The number of aromatic nitrogens is 8. The third-order valence-electron chi connectivity index (χ3n) is 5.34. The van der Waals surface area contributed by atoms with E-state index in [1.807, 2.05) is 43.1 Å². The Bertz CT molecular complexity index is 1520. The van der Waals surface area contributed by atoms with Crippen molar-refractivity contribution >= 4 is 33.4 Å². The lowest BCUT2D eigenvalue weighted by Gasteiger charge is -2.03. The minimum atomic E-state index is 0.659. The summed E-state index contributed by atoms with van der Waals surface area (Å²) in [5, 5.41) is 11.7. The van der Waals surface area contributed by atoms with E-state index in [9.17, 15) is 0 Å². The summed E-state index contributed by atoms with van der Waals surface area (Å²) in [5.74, 6) is 1.59. The summed E-state index contributed by atoms with van der Waals surface area (Å²) in [4.78, 5) is 21.8. The number of hydrogen-bond acceptors (Lipinski definition) is 6. The molecule has 9 heteroatoms. The first-order valence-electron chi connectivity index (χ1n) is 9.39. The van der Waals surface area contributed by atoms with E-state index in [-0.39, 0.29) is 0 Å². The predicted octanol–water partition coefficient (Wildman–Crippen LogP) is 4.33. The fourth-order valence-electron chi connectivity index (χ4n) is 3.62. The number of thiophene rings is 1. The van der Waals surface area contributed by atoms with E-state index < -0.39 is 0 Å². The molecule has 0 amide bonds. The number of aromatic amines is 2. The molecule has 0 aliphatic heterocycles. The standard InChI is InChI=1S/C21H16N8S/c1-11-23-9-17(29(11)2)14-3-4-15-19(24-14)20(28-27-15)21-25-16-8-22-7-13(18(16)26-21)12-5-6-30-10-12/h3-10H,1-2H3,(H,25,26)(H,27,28). The molecule has 0 spiro atoms. The Labute approximate surface area is 174 Å². The second-order valence-electron chi connectivity index (χ2n) is 7.10. The highest BCUT2D eigenvalue weighted by Crippen LogP contribution is 2.32. The largest absolute Gasteiger partial charge is 0.335 e. The summed E-state index contributed by atoms with van der Waals surface area (Å²) in [7, 11) is 1.98. The summed E-state index contributed by atoms with van der Waals surface area (Å²) in [6, 6.07) is 6.03. The number of imidazole rings is 2. The highest BCUT2D eigenvalue weighted by molar-refractivity contribution is 7.08. The highest BCUT2D eigenvalue weighted by atomic mass is 32.1. The molecule has 30 heavy (non-hydrogen) atoms. The second-order valence-corrected chi connectivity index (χ2v) is 7.88. The van der Waals surface area contributed by atoms with Gasteiger partial charge in [-0.1, -0.05) is 0 Å². The number of hydrogen-bond donors (Lipinski definition) is 2. The molecule has 0 unspecified atom stereocenters. The quantitative estimate of drug-likeness (QED) is 0.450. The number of aryl methyl sites for hydroxylation is 1. The van der Waals surface area contributed by atoms with E-state index in [4.69, 9.17) is 9.97 Å². The minimum Gasteiger partial charge on any atom is -0.335 e. The van der Waals surface area contributed by atoms with Crippen LogP contribution >= 0.6 is 11.3 Å². The monoisotopic (exact) mass is 412 g/mol. The number of pyridine rings is 2. The summed E-state index contributed by atoms with van der Waals surface area (Å²) in [6.07, 6.45) is 5.47. The summed E-state index contributed by atoms with van der Waals surface area (Å²) < 4.78 is 2.02. The van der Waals surface area contributed by atoms with E-state index in [0.717, 1.165) is 50.4 Å². The lowest BCUT2D eigenvalue weighted by atomic mass is 10.1. The van der Waals surface area contributed by atoms with Gasteiger partial charge in [-0.2, -0.15) is 16.4 Å². The van der Waals surface area contributed by atoms with Crippen LogP contribution in [0.15, 0.2) is 47.5 Å². The van der Waals surface area contributed by atoms with Crippen LogP contribution in [-0.4, -0.2) is 39.7 Å². The zero-order valence-corrected chi connectivity index (χ0v) is 17.0. The number of H-pyrrole nitrogens is 2. The van der Waals surface area contributed by atoms with Gasteiger partial charge in [-0.05, 0) is 41.4 Å². The van der Waals surface area contributed by atoms with Crippen molar-refractivity contribution < 1.29 is 0 Å². The molecule has 8 nitrogen and oxygen atoms in total. The maximum atomic E-state index is 4.87. The molecule has 0 aliphatic rings. The van der Waals surface area contributed by atoms with Crippen LogP contribution in [0.2, 0.25) is 0 Å². The third kappa shape index (κ3) is 2.49. The van der Waals surface area contributed by atoms with Gasteiger partial charge in [0.1, 0.15) is 16.9 Å². The normalized spacial score (nSPS) is 11.7. The van der Waals surface area contributed by atoms with Crippen LogP contribution in [-0.2, 0) is 7.05 Å². The van der Waals surface area contributed by atoms with Crippen LogP contribution in [0, 0.1) is 6.92 Å². The van der Waals surface area contributed by atoms with Gasteiger partial charge in [0.15, 0.2) is 11.5 Å². The third-order valence-corrected chi connectivity index (χ3v) is 6.02. The van der Waals surface area contributed by atoms with E-state index in [1.54, 1.807) is 17.5 Å². The number of nitrogens with zero attached hydrogens (tertiary/aromatic N) is 6. The van der Waals surface area contributed by atoms with Crippen LogP contribution in [0.4, 0.5) is 0 Å². The summed E-state index contributed by atoms with van der Waals surface area (Å²) in [5.41, 5.74) is 7.92. The second kappa shape index (κ2) is 6.33. The van der Waals surface area contributed by atoms with Gasteiger partial charge in [-0.15, -0.1) is 0 Å². The van der Waals surface area contributed by atoms with Crippen LogP contribution in [0.5, 0.6) is 0 Å². The van der Waals surface area contributed by atoms with Crippen molar-refractivity contribution in [1.29, 1.82) is 0 Å². The zero-order chi connectivity index (χ0) is 20.2. The first-order valence-corrected chi connectivity index (χ1v) is 10.3. The molecule has 2 N–H and O–H groups in total. The summed E-state index contributed by atoms with van der Waals surface area (Å²) >= 11 is 1.65. The zero-order valence-electron chi connectivity index (χ0n) is 16.2. The van der Waals surface area contributed by atoms with Gasteiger partial charge in [0.2, 0.25) is 0 Å². The van der Waals surface area contributed by atoms with Gasteiger partial charge in [0, 0.05) is 18.8 Å². The Morgan fingerprint density at radius 2 is 1.93 bits per heavy atom. The molecular formula is C21H16N8S. The molecule has 6 rings (SSSR count). The Morgan fingerprint density at radius 3 is 2.73 bits per heavy atom. The smallest absolute Gasteiger partial charge is 0.161 e. The lowest BCUT2D eigenvalue weighted by Crippen LogP contribution is -1.96. The molecule has 6 aromatic heterocycles. The molecule has 0 saturated heterocycles. The van der Waals surface area contributed by atoms with Crippen molar-refractivity contribution in [2.45, 2.75) is 6.92 Å². The van der Waals surface area contributed by atoms with E-state index >= 15 is 0 Å². The topological polar surface area (TPSA) is 101 Å².